The summed E-state index contributed by atoms with van der Waals surface area (Å²) < 4.78 is 38.2. The van der Waals surface area contributed by atoms with E-state index < -0.39 is 11.7 Å². The Hall–Kier alpha value is -1.95. The summed E-state index contributed by atoms with van der Waals surface area (Å²) in [5.41, 5.74) is 1.27. The van der Waals surface area contributed by atoms with Crippen LogP contribution in [0.5, 0.6) is 0 Å². The second kappa shape index (κ2) is 7.08. The highest BCUT2D eigenvalue weighted by molar-refractivity contribution is 6.28. The summed E-state index contributed by atoms with van der Waals surface area (Å²) >= 11 is 5.88. The van der Waals surface area contributed by atoms with E-state index in [0.717, 1.165) is 23.4 Å². The van der Waals surface area contributed by atoms with Gasteiger partial charge in [0.15, 0.2) is 5.82 Å². The van der Waals surface area contributed by atoms with Gasteiger partial charge in [-0.05, 0) is 42.1 Å². The Labute approximate surface area is 137 Å². The van der Waals surface area contributed by atoms with Gasteiger partial charge in [0.2, 0.25) is 5.28 Å². The SMILES string of the molecule is CCc1nc(Cl)nc(N=Cc2cccc(C(F)(F)F)c2)c1CC. The molecule has 0 radical (unpaired) electrons. The van der Waals surface area contributed by atoms with Crippen molar-refractivity contribution < 1.29 is 13.2 Å². The third-order valence-corrected chi connectivity index (χ3v) is 3.45. The third kappa shape index (κ3) is 4.28. The molecule has 7 heteroatoms. The van der Waals surface area contributed by atoms with Crippen molar-refractivity contribution in [2.75, 3.05) is 0 Å². The third-order valence-electron chi connectivity index (χ3n) is 3.28. The molecule has 0 aliphatic heterocycles. The number of aromatic nitrogens is 2. The van der Waals surface area contributed by atoms with Gasteiger partial charge in [0.05, 0.1) is 11.3 Å². The van der Waals surface area contributed by atoms with Gasteiger partial charge >= 0.3 is 6.18 Å². The van der Waals surface area contributed by atoms with Crippen LogP contribution in [-0.4, -0.2) is 16.2 Å². The molecule has 0 atom stereocenters. The number of hydrogen-bond acceptors (Lipinski definition) is 3. The smallest absolute Gasteiger partial charge is 0.236 e. The molecule has 0 N–H and O–H groups in total. The van der Waals surface area contributed by atoms with Crippen LogP contribution in [0, 0.1) is 0 Å². The lowest BCUT2D eigenvalue weighted by molar-refractivity contribution is -0.137. The fourth-order valence-electron chi connectivity index (χ4n) is 2.18. The molecule has 1 aromatic heterocycles. The normalized spacial score (nSPS) is 12.1. The first kappa shape index (κ1) is 17.4. The molecule has 1 aromatic carbocycles. The minimum atomic E-state index is -4.38. The minimum absolute atomic E-state index is 0.0789. The van der Waals surface area contributed by atoms with Crippen LogP contribution in [0.25, 0.3) is 0 Å². The average molecular weight is 342 g/mol. The Morgan fingerprint density at radius 1 is 1.17 bits per heavy atom. The molecule has 0 unspecified atom stereocenters. The molecule has 0 fully saturated rings. The Kier molecular flexibility index (Phi) is 5.36. The molecular weight excluding hydrogens is 327 g/mol. The Balaban J connectivity index is 2.39. The maximum Gasteiger partial charge on any atom is 0.416 e. The van der Waals surface area contributed by atoms with Gasteiger partial charge in [-0.25, -0.2) is 9.98 Å². The van der Waals surface area contributed by atoms with E-state index in [2.05, 4.69) is 15.0 Å². The molecule has 3 nitrogen and oxygen atoms in total. The van der Waals surface area contributed by atoms with Crippen LogP contribution in [-0.2, 0) is 19.0 Å². The summed E-state index contributed by atoms with van der Waals surface area (Å²) in [6.07, 6.45) is -1.69. The molecule has 122 valence electrons. The van der Waals surface area contributed by atoms with Crippen LogP contribution in [0.3, 0.4) is 0 Å². The zero-order valence-corrected chi connectivity index (χ0v) is 13.4. The lowest BCUT2D eigenvalue weighted by atomic mass is 10.1. The number of alkyl halides is 3. The van der Waals surface area contributed by atoms with E-state index in [9.17, 15) is 13.2 Å². The van der Waals surface area contributed by atoms with E-state index in [1.54, 1.807) is 6.07 Å². The number of benzene rings is 1. The second-order valence-electron chi connectivity index (χ2n) is 4.83. The Morgan fingerprint density at radius 2 is 1.91 bits per heavy atom. The largest absolute Gasteiger partial charge is 0.416 e. The van der Waals surface area contributed by atoms with Gasteiger partial charge in [-0.3, -0.25) is 0 Å². The molecule has 0 amide bonds. The number of aryl methyl sites for hydroxylation is 1. The van der Waals surface area contributed by atoms with E-state index in [0.29, 0.717) is 24.2 Å². The van der Waals surface area contributed by atoms with Gasteiger partial charge in [-0.1, -0.05) is 26.0 Å². The molecular formula is C16H15ClF3N3. The minimum Gasteiger partial charge on any atom is -0.236 e. The molecule has 0 spiro atoms. The van der Waals surface area contributed by atoms with Crippen molar-refractivity contribution in [3.8, 4) is 0 Å². The van der Waals surface area contributed by atoms with Crippen LogP contribution in [0.4, 0.5) is 19.0 Å². The first-order valence-electron chi connectivity index (χ1n) is 7.11. The first-order chi connectivity index (χ1) is 10.8. The Bertz CT molecular complexity index is 727. The van der Waals surface area contributed by atoms with Crippen LogP contribution in [0.1, 0.15) is 36.2 Å². The lowest BCUT2D eigenvalue weighted by Gasteiger charge is -2.08. The van der Waals surface area contributed by atoms with Crippen LogP contribution >= 0.6 is 11.6 Å². The van der Waals surface area contributed by atoms with Gasteiger partial charge in [0.1, 0.15) is 0 Å². The molecule has 0 aliphatic rings. The number of hydrogen-bond donors (Lipinski definition) is 0. The van der Waals surface area contributed by atoms with Crippen LogP contribution in [0.15, 0.2) is 29.3 Å². The van der Waals surface area contributed by atoms with E-state index in [4.69, 9.17) is 11.6 Å². The summed E-state index contributed by atoms with van der Waals surface area (Å²) in [7, 11) is 0. The van der Waals surface area contributed by atoms with Crippen molar-refractivity contribution in [1.29, 1.82) is 0 Å². The van der Waals surface area contributed by atoms with E-state index in [1.165, 1.54) is 12.3 Å². The number of halogens is 4. The predicted molar refractivity (Wildman–Crippen MR) is 84.5 cm³/mol. The van der Waals surface area contributed by atoms with Crippen molar-refractivity contribution in [3.05, 3.63) is 51.9 Å². The zero-order chi connectivity index (χ0) is 17.0. The summed E-state index contributed by atoms with van der Waals surface area (Å²) in [4.78, 5) is 12.4. The molecule has 0 aliphatic carbocycles. The molecule has 2 aromatic rings. The first-order valence-corrected chi connectivity index (χ1v) is 7.49. The fraction of sp³-hybridized carbons (Fsp3) is 0.312. The summed E-state index contributed by atoms with van der Waals surface area (Å²) in [6, 6.07) is 4.95. The maximum atomic E-state index is 12.7. The van der Waals surface area contributed by atoms with Crippen LogP contribution in [0.2, 0.25) is 5.28 Å². The summed E-state index contributed by atoms with van der Waals surface area (Å²) in [6.45, 7) is 3.88. The number of rotatable bonds is 4. The average Bonchev–Trinajstić information content (AvgIpc) is 2.51. The standard InChI is InChI=1S/C16H15ClF3N3/c1-3-12-13(4-2)22-15(17)23-14(12)21-9-10-6-5-7-11(8-10)16(18,19)20/h5-9H,3-4H2,1-2H3. The van der Waals surface area contributed by atoms with Crippen molar-refractivity contribution in [2.24, 2.45) is 4.99 Å². The topological polar surface area (TPSA) is 38.1 Å². The van der Waals surface area contributed by atoms with Gasteiger partial charge in [-0.15, -0.1) is 0 Å². The summed E-state index contributed by atoms with van der Waals surface area (Å²) in [5.74, 6) is 0.391. The highest BCUT2D eigenvalue weighted by atomic mass is 35.5. The summed E-state index contributed by atoms with van der Waals surface area (Å²) in [5, 5.41) is 0.0789. The highest BCUT2D eigenvalue weighted by Crippen LogP contribution is 2.29. The molecule has 2 rings (SSSR count). The lowest BCUT2D eigenvalue weighted by Crippen LogP contribution is -2.05. The molecule has 0 saturated carbocycles. The quantitative estimate of drug-likeness (QED) is 0.578. The zero-order valence-electron chi connectivity index (χ0n) is 12.7. The van der Waals surface area contributed by atoms with E-state index in [1.807, 2.05) is 13.8 Å². The van der Waals surface area contributed by atoms with Crippen molar-refractivity contribution in [2.45, 2.75) is 32.9 Å². The molecule has 0 bridgehead atoms. The second-order valence-corrected chi connectivity index (χ2v) is 5.17. The van der Waals surface area contributed by atoms with E-state index in [-0.39, 0.29) is 5.28 Å². The number of aliphatic imine (C=N–C) groups is 1. The molecule has 1 heterocycles. The Morgan fingerprint density at radius 3 is 2.52 bits per heavy atom. The number of nitrogens with zero attached hydrogens (tertiary/aromatic N) is 3. The van der Waals surface area contributed by atoms with Crippen molar-refractivity contribution in [3.63, 3.8) is 0 Å². The van der Waals surface area contributed by atoms with Crippen LogP contribution < -0.4 is 0 Å². The van der Waals surface area contributed by atoms with Gasteiger partial charge in [-0.2, -0.15) is 18.2 Å². The maximum absolute atomic E-state index is 12.7. The van der Waals surface area contributed by atoms with Crippen molar-refractivity contribution in [1.82, 2.24) is 9.97 Å². The van der Waals surface area contributed by atoms with Gasteiger partial charge in [0.25, 0.3) is 0 Å². The predicted octanol–water partition coefficient (Wildman–Crippen LogP) is 5.02. The van der Waals surface area contributed by atoms with E-state index >= 15 is 0 Å². The van der Waals surface area contributed by atoms with Gasteiger partial charge in [0, 0.05) is 11.8 Å². The monoisotopic (exact) mass is 341 g/mol. The highest BCUT2D eigenvalue weighted by Gasteiger charge is 2.30. The molecule has 23 heavy (non-hydrogen) atoms. The van der Waals surface area contributed by atoms with Crippen molar-refractivity contribution >= 4 is 23.6 Å². The van der Waals surface area contributed by atoms with Gasteiger partial charge < -0.3 is 0 Å². The fourth-order valence-corrected chi connectivity index (χ4v) is 2.36. The molecule has 0 saturated heterocycles.